The summed E-state index contributed by atoms with van der Waals surface area (Å²) in [6.45, 7) is 10.6. The normalized spacial score (nSPS) is 11.7. The molecule has 0 saturated carbocycles. The molecule has 0 aliphatic carbocycles. The molecule has 0 spiro atoms. The molecule has 1 aromatic rings. The zero-order chi connectivity index (χ0) is 16.4. The minimum Gasteiger partial charge on any atom is -0.475 e. The van der Waals surface area contributed by atoms with E-state index in [2.05, 4.69) is 25.7 Å². The van der Waals surface area contributed by atoms with Crippen molar-refractivity contribution >= 4 is 18.4 Å². The number of rotatable bonds is 10. The highest BCUT2D eigenvalue weighted by Crippen LogP contribution is 2.21. The average Bonchev–Trinajstić information content (AvgIpc) is 2.53. The molecule has 0 aliphatic heterocycles. The van der Waals surface area contributed by atoms with E-state index in [9.17, 15) is 4.79 Å². The lowest BCUT2D eigenvalue weighted by atomic mass is 10.2. The van der Waals surface area contributed by atoms with Crippen LogP contribution in [0.3, 0.4) is 0 Å². The van der Waals surface area contributed by atoms with Gasteiger partial charge in [-0.25, -0.2) is 4.79 Å². The molecule has 0 saturated heterocycles. The van der Waals surface area contributed by atoms with Gasteiger partial charge in [0.1, 0.15) is 17.5 Å². The smallest absolute Gasteiger partial charge is 0.341 e. The van der Waals surface area contributed by atoms with Crippen molar-refractivity contribution in [3.63, 3.8) is 0 Å². The van der Waals surface area contributed by atoms with Gasteiger partial charge in [-0.3, -0.25) is 4.90 Å². The van der Waals surface area contributed by atoms with Crippen LogP contribution < -0.4 is 4.74 Å². The van der Waals surface area contributed by atoms with Crippen LogP contribution in [0.15, 0.2) is 24.3 Å². The SMILES string of the molecule is CCCCCOC(=O)c1ccccc1OC(C)N(CC)CC.Cl. The standard InChI is InChI=1S/C18H29NO3.ClH/c1-5-8-11-14-21-18(20)16-12-9-10-13-17(16)22-15(4)19(6-2)7-3;/h9-10,12-13,15H,5-8,11,14H2,1-4H3;1H. The molecule has 0 bridgehead atoms. The van der Waals surface area contributed by atoms with Crippen molar-refractivity contribution in [2.24, 2.45) is 0 Å². The van der Waals surface area contributed by atoms with Gasteiger partial charge in [0.25, 0.3) is 0 Å². The molecule has 1 aromatic carbocycles. The van der Waals surface area contributed by atoms with Gasteiger partial charge in [0.15, 0.2) is 0 Å². The Labute approximate surface area is 146 Å². The van der Waals surface area contributed by atoms with Gasteiger partial charge in [-0.1, -0.05) is 45.7 Å². The van der Waals surface area contributed by atoms with Crippen LogP contribution in [0.4, 0.5) is 0 Å². The largest absolute Gasteiger partial charge is 0.475 e. The fourth-order valence-electron chi connectivity index (χ4n) is 2.33. The minimum absolute atomic E-state index is 0. The number of halogens is 1. The van der Waals surface area contributed by atoms with Crippen molar-refractivity contribution in [2.45, 2.75) is 53.2 Å². The first kappa shape index (κ1) is 21.7. The van der Waals surface area contributed by atoms with E-state index >= 15 is 0 Å². The van der Waals surface area contributed by atoms with Crippen LogP contribution in [-0.2, 0) is 4.74 Å². The summed E-state index contributed by atoms with van der Waals surface area (Å²) in [5.41, 5.74) is 0.498. The summed E-state index contributed by atoms with van der Waals surface area (Å²) in [6.07, 6.45) is 3.01. The number of para-hydroxylation sites is 1. The number of carbonyl (C=O) groups is 1. The van der Waals surface area contributed by atoms with Gasteiger partial charge in [-0.15, -0.1) is 12.4 Å². The number of unbranched alkanes of at least 4 members (excludes halogenated alkanes) is 2. The number of benzene rings is 1. The Morgan fingerprint density at radius 1 is 1.13 bits per heavy atom. The molecule has 0 aromatic heterocycles. The molecule has 0 radical (unpaired) electrons. The van der Waals surface area contributed by atoms with Gasteiger partial charge in [0.2, 0.25) is 0 Å². The molecule has 1 unspecified atom stereocenters. The lowest BCUT2D eigenvalue weighted by Gasteiger charge is -2.27. The quantitative estimate of drug-likeness (QED) is 0.355. The summed E-state index contributed by atoms with van der Waals surface area (Å²) < 4.78 is 11.3. The first-order valence-electron chi connectivity index (χ1n) is 8.30. The van der Waals surface area contributed by atoms with E-state index in [0.717, 1.165) is 32.4 Å². The second kappa shape index (κ2) is 12.2. The van der Waals surface area contributed by atoms with Gasteiger partial charge in [0, 0.05) is 0 Å². The molecule has 0 fully saturated rings. The number of hydrogen-bond donors (Lipinski definition) is 0. The zero-order valence-electron chi connectivity index (χ0n) is 14.7. The predicted molar refractivity (Wildman–Crippen MR) is 96.5 cm³/mol. The van der Waals surface area contributed by atoms with Crippen LogP contribution in [-0.4, -0.2) is 36.8 Å². The Balaban J connectivity index is 0.00000484. The summed E-state index contributed by atoms with van der Waals surface area (Å²) in [6, 6.07) is 7.28. The lowest BCUT2D eigenvalue weighted by Crippen LogP contribution is -2.37. The topological polar surface area (TPSA) is 38.8 Å². The number of esters is 1. The molecule has 1 rings (SSSR count). The van der Waals surface area contributed by atoms with Crippen molar-refractivity contribution in [2.75, 3.05) is 19.7 Å². The summed E-state index contributed by atoms with van der Waals surface area (Å²) >= 11 is 0. The minimum atomic E-state index is -0.307. The van der Waals surface area contributed by atoms with Crippen molar-refractivity contribution < 1.29 is 14.3 Å². The van der Waals surface area contributed by atoms with Crippen molar-refractivity contribution in [1.82, 2.24) is 4.90 Å². The molecule has 0 N–H and O–H groups in total. The summed E-state index contributed by atoms with van der Waals surface area (Å²) in [7, 11) is 0. The van der Waals surface area contributed by atoms with E-state index in [4.69, 9.17) is 9.47 Å². The molecular weight excluding hydrogens is 314 g/mol. The second-order valence-corrected chi connectivity index (χ2v) is 5.28. The van der Waals surface area contributed by atoms with E-state index in [0.29, 0.717) is 17.9 Å². The van der Waals surface area contributed by atoms with Crippen LogP contribution in [0.25, 0.3) is 0 Å². The Morgan fingerprint density at radius 3 is 2.39 bits per heavy atom. The van der Waals surface area contributed by atoms with E-state index in [1.165, 1.54) is 0 Å². The number of nitrogens with zero attached hydrogens (tertiary/aromatic N) is 1. The third kappa shape index (κ3) is 7.23. The van der Waals surface area contributed by atoms with Crippen LogP contribution in [0.5, 0.6) is 5.75 Å². The fraction of sp³-hybridized carbons (Fsp3) is 0.611. The van der Waals surface area contributed by atoms with Gasteiger partial charge in [0.05, 0.1) is 6.61 Å². The first-order chi connectivity index (χ1) is 10.6. The van der Waals surface area contributed by atoms with Crippen LogP contribution in [0.1, 0.15) is 57.3 Å². The van der Waals surface area contributed by atoms with Crippen LogP contribution >= 0.6 is 12.4 Å². The Morgan fingerprint density at radius 2 is 1.78 bits per heavy atom. The summed E-state index contributed by atoms with van der Waals surface area (Å²) in [5.74, 6) is 0.279. The number of ether oxygens (including phenoxy) is 2. The number of hydrogen-bond acceptors (Lipinski definition) is 4. The van der Waals surface area contributed by atoms with Crippen molar-refractivity contribution in [3.8, 4) is 5.75 Å². The Bertz CT molecular complexity index is 450. The molecule has 0 amide bonds. The zero-order valence-corrected chi connectivity index (χ0v) is 15.5. The molecule has 132 valence electrons. The molecule has 0 heterocycles. The number of carbonyl (C=O) groups excluding carboxylic acids is 1. The van der Waals surface area contributed by atoms with Gasteiger partial charge >= 0.3 is 5.97 Å². The maximum atomic E-state index is 12.2. The van der Waals surface area contributed by atoms with E-state index in [-0.39, 0.29) is 24.6 Å². The van der Waals surface area contributed by atoms with E-state index in [1.54, 1.807) is 6.07 Å². The highest BCUT2D eigenvalue weighted by molar-refractivity contribution is 5.92. The first-order valence-corrected chi connectivity index (χ1v) is 8.30. The molecule has 4 nitrogen and oxygen atoms in total. The fourth-order valence-corrected chi connectivity index (χ4v) is 2.33. The van der Waals surface area contributed by atoms with Gasteiger partial charge in [-0.2, -0.15) is 0 Å². The molecular formula is C18H30ClNO3. The molecule has 23 heavy (non-hydrogen) atoms. The van der Waals surface area contributed by atoms with Gasteiger partial charge in [-0.05, 0) is 38.6 Å². The third-order valence-corrected chi connectivity index (χ3v) is 3.71. The Kier molecular flexibility index (Phi) is 11.5. The van der Waals surface area contributed by atoms with Crippen molar-refractivity contribution in [3.05, 3.63) is 29.8 Å². The lowest BCUT2D eigenvalue weighted by molar-refractivity contribution is 0.0402. The van der Waals surface area contributed by atoms with Crippen molar-refractivity contribution in [1.29, 1.82) is 0 Å². The predicted octanol–water partition coefficient (Wildman–Crippen LogP) is 4.52. The second-order valence-electron chi connectivity index (χ2n) is 5.28. The summed E-state index contributed by atoms with van der Waals surface area (Å²) in [5, 5.41) is 0. The highest BCUT2D eigenvalue weighted by atomic mass is 35.5. The Hall–Kier alpha value is -1.26. The van der Waals surface area contributed by atoms with E-state index in [1.807, 2.05) is 25.1 Å². The van der Waals surface area contributed by atoms with Crippen LogP contribution in [0.2, 0.25) is 0 Å². The third-order valence-electron chi connectivity index (χ3n) is 3.71. The molecule has 0 aliphatic rings. The van der Waals surface area contributed by atoms with Gasteiger partial charge < -0.3 is 9.47 Å². The summed E-state index contributed by atoms with van der Waals surface area (Å²) in [4.78, 5) is 14.4. The highest BCUT2D eigenvalue weighted by Gasteiger charge is 2.17. The molecule has 1 atom stereocenters. The van der Waals surface area contributed by atoms with E-state index < -0.39 is 0 Å². The van der Waals surface area contributed by atoms with Crippen LogP contribution in [0, 0.1) is 0 Å². The maximum absolute atomic E-state index is 12.2. The monoisotopic (exact) mass is 343 g/mol. The molecule has 5 heteroatoms. The average molecular weight is 344 g/mol. The maximum Gasteiger partial charge on any atom is 0.341 e.